The van der Waals surface area contributed by atoms with E-state index >= 15 is 0 Å². The van der Waals surface area contributed by atoms with E-state index in [9.17, 15) is 18.4 Å². The van der Waals surface area contributed by atoms with E-state index in [0.717, 1.165) is 0 Å². The maximum absolute atomic E-state index is 12.9. The zero-order valence-electron chi connectivity index (χ0n) is 12.9. The summed E-state index contributed by atoms with van der Waals surface area (Å²) in [6, 6.07) is 5.73. The molecule has 0 saturated heterocycles. The molecule has 0 spiro atoms. The Labute approximate surface area is 145 Å². The van der Waals surface area contributed by atoms with Crippen molar-refractivity contribution < 1.29 is 27.8 Å². The van der Waals surface area contributed by atoms with Gasteiger partial charge in [-0.1, -0.05) is 0 Å². The van der Waals surface area contributed by atoms with E-state index in [0.29, 0.717) is 24.2 Å². The summed E-state index contributed by atoms with van der Waals surface area (Å²) in [4.78, 5) is 23.6. The number of alkyl halides is 2. The van der Waals surface area contributed by atoms with Gasteiger partial charge >= 0.3 is 6.29 Å². The van der Waals surface area contributed by atoms with Crippen LogP contribution in [0, 0.1) is 0 Å². The van der Waals surface area contributed by atoms with E-state index < -0.39 is 6.29 Å². The summed E-state index contributed by atoms with van der Waals surface area (Å²) in [6.07, 6.45) is -3.07. The Hall–Kier alpha value is -2.68. The quantitative estimate of drug-likeness (QED) is 0.768. The van der Waals surface area contributed by atoms with Gasteiger partial charge in [-0.25, -0.2) is 0 Å². The lowest BCUT2D eigenvalue weighted by atomic mass is 10.2. The Kier molecular flexibility index (Phi) is 4.84. The zero-order valence-corrected chi connectivity index (χ0v) is 13.7. The van der Waals surface area contributed by atoms with Gasteiger partial charge < -0.3 is 20.1 Å². The highest BCUT2D eigenvalue weighted by Gasteiger charge is 2.43. The minimum absolute atomic E-state index is 0.0841. The molecule has 1 aromatic heterocycles. The van der Waals surface area contributed by atoms with E-state index in [1.54, 1.807) is 11.4 Å². The molecule has 0 radical (unpaired) electrons. The van der Waals surface area contributed by atoms with Crippen molar-refractivity contribution in [3.8, 4) is 11.5 Å². The summed E-state index contributed by atoms with van der Waals surface area (Å²) < 4.78 is 34.5. The Morgan fingerprint density at radius 3 is 2.72 bits per heavy atom. The fourth-order valence-corrected chi connectivity index (χ4v) is 2.83. The molecule has 2 aromatic rings. The number of hydrogen-bond donors (Lipinski definition) is 2. The van der Waals surface area contributed by atoms with Gasteiger partial charge in [0.25, 0.3) is 5.91 Å². The number of carbonyl (C=O) groups excluding carboxylic acids is 2. The van der Waals surface area contributed by atoms with Crippen LogP contribution >= 0.6 is 11.3 Å². The summed E-state index contributed by atoms with van der Waals surface area (Å²) in [5.41, 5.74) is 0.916. The molecule has 132 valence electrons. The van der Waals surface area contributed by atoms with E-state index in [4.69, 9.17) is 0 Å². The number of rotatable bonds is 6. The number of anilines is 1. The molecule has 2 heterocycles. The van der Waals surface area contributed by atoms with Crippen molar-refractivity contribution in [2.45, 2.75) is 19.1 Å². The molecule has 25 heavy (non-hydrogen) atoms. The average molecular weight is 368 g/mol. The van der Waals surface area contributed by atoms with E-state index in [1.165, 1.54) is 29.5 Å². The third-order valence-electron chi connectivity index (χ3n) is 3.33. The SMILES string of the molecule is O=C(CCCNC(=O)c1ccsc1)Nc1ccc2c(c1)OC(F)(F)O2. The predicted octanol–water partition coefficient (Wildman–Crippen LogP) is 3.22. The van der Waals surface area contributed by atoms with Gasteiger partial charge in [-0.05, 0) is 30.0 Å². The van der Waals surface area contributed by atoms with Crippen molar-refractivity contribution in [3.05, 3.63) is 40.6 Å². The van der Waals surface area contributed by atoms with Gasteiger partial charge in [0.15, 0.2) is 11.5 Å². The van der Waals surface area contributed by atoms with Gasteiger partial charge in [0.1, 0.15) is 0 Å². The van der Waals surface area contributed by atoms with Crippen LogP contribution in [-0.2, 0) is 4.79 Å². The highest BCUT2D eigenvalue weighted by atomic mass is 32.1. The molecular weight excluding hydrogens is 354 g/mol. The Bertz CT molecular complexity index is 780. The van der Waals surface area contributed by atoms with Crippen molar-refractivity contribution >= 4 is 28.8 Å². The minimum Gasteiger partial charge on any atom is -0.395 e. The van der Waals surface area contributed by atoms with E-state index in [2.05, 4.69) is 20.1 Å². The van der Waals surface area contributed by atoms with Gasteiger partial charge in [-0.2, -0.15) is 11.3 Å². The average Bonchev–Trinajstić information content (AvgIpc) is 3.17. The molecule has 2 N–H and O–H groups in total. The number of carbonyl (C=O) groups is 2. The van der Waals surface area contributed by atoms with Crippen molar-refractivity contribution in [2.24, 2.45) is 0 Å². The molecule has 1 aromatic carbocycles. The lowest BCUT2D eigenvalue weighted by molar-refractivity contribution is -0.286. The normalized spacial score (nSPS) is 14.2. The topological polar surface area (TPSA) is 76.7 Å². The van der Waals surface area contributed by atoms with Crippen molar-refractivity contribution in [1.82, 2.24) is 5.32 Å². The van der Waals surface area contributed by atoms with Crippen LogP contribution in [0.25, 0.3) is 0 Å². The monoisotopic (exact) mass is 368 g/mol. The summed E-state index contributed by atoms with van der Waals surface area (Å²) in [6.45, 7) is 0.357. The van der Waals surface area contributed by atoms with E-state index in [1.807, 2.05) is 5.38 Å². The molecule has 6 nitrogen and oxygen atoms in total. The first kappa shape index (κ1) is 17.2. The molecule has 9 heteroatoms. The van der Waals surface area contributed by atoms with Crippen LogP contribution in [0.1, 0.15) is 23.2 Å². The van der Waals surface area contributed by atoms with Gasteiger partial charge in [0.2, 0.25) is 5.91 Å². The number of ether oxygens (including phenoxy) is 2. The number of halogens is 2. The highest BCUT2D eigenvalue weighted by molar-refractivity contribution is 7.08. The first-order valence-electron chi connectivity index (χ1n) is 7.43. The molecule has 0 atom stereocenters. The Balaban J connectivity index is 1.42. The van der Waals surface area contributed by atoms with Crippen molar-refractivity contribution in [2.75, 3.05) is 11.9 Å². The number of fused-ring (bicyclic) bond motifs is 1. The maximum atomic E-state index is 12.9. The van der Waals surface area contributed by atoms with E-state index in [-0.39, 0.29) is 29.7 Å². The van der Waals surface area contributed by atoms with Gasteiger partial charge in [-0.3, -0.25) is 9.59 Å². The predicted molar refractivity (Wildman–Crippen MR) is 87.2 cm³/mol. The molecular formula is C16H14F2N2O4S. The summed E-state index contributed by atoms with van der Waals surface area (Å²) >= 11 is 1.43. The second kappa shape index (κ2) is 7.06. The van der Waals surface area contributed by atoms with Gasteiger partial charge in [-0.15, -0.1) is 8.78 Å². The zero-order chi connectivity index (χ0) is 17.9. The molecule has 0 fully saturated rings. The number of nitrogens with one attached hydrogen (secondary N) is 2. The Morgan fingerprint density at radius 2 is 1.96 bits per heavy atom. The lowest BCUT2D eigenvalue weighted by Crippen LogP contribution is -2.25. The first-order chi connectivity index (χ1) is 11.9. The second-order valence-corrected chi connectivity index (χ2v) is 6.03. The number of thiophene rings is 1. The number of benzene rings is 1. The van der Waals surface area contributed by atoms with Gasteiger partial charge in [0, 0.05) is 35.7 Å². The molecule has 0 unspecified atom stereocenters. The van der Waals surface area contributed by atoms with Gasteiger partial charge in [0.05, 0.1) is 0 Å². The maximum Gasteiger partial charge on any atom is 0.586 e. The minimum atomic E-state index is -3.69. The number of amides is 2. The fourth-order valence-electron chi connectivity index (χ4n) is 2.20. The molecule has 0 aliphatic carbocycles. The third-order valence-corrected chi connectivity index (χ3v) is 4.02. The standard InChI is InChI=1S/C16H14F2N2O4S/c17-16(18)23-12-4-3-11(8-13(12)24-16)20-14(21)2-1-6-19-15(22)10-5-7-25-9-10/h3-5,7-9H,1-2,6H2,(H,19,22)(H,20,21). The summed E-state index contributed by atoms with van der Waals surface area (Å²) in [7, 11) is 0. The summed E-state index contributed by atoms with van der Waals surface area (Å²) in [5, 5.41) is 8.85. The summed E-state index contributed by atoms with van der Waals surface area (Å²) in [5.74, 6) is -0.696. The van der Waals surface area contributed by atoms with Crippen LogP contribution in [0.2, 0.25) is 0 Å². The van der Waals surface area contributed by atoms with Crippen LogP contribution in [0.4, 0.5) is 14.5 Å². The third kappa shape index (κ3) is 4.44. The van der Waals surface area contributed by atoms with Crippen LogP contribution in [0.5, 0.6) is 11.5 Å². The van der Waals surface area contributed by atoms with Crippen LogP contribution in [-0.4, -0.2) is 24.7 Å². The molecule has 1 aliphatic heterocycles. The largest absolute Gasteiger partial charge is 0.586 e. The molecule has 1 aliphatic rings. The first-order valence-corrected chi connectivity index (χ1v) is 8.37. The lowest BCUT2D eigenvalue weighted by Gasteiger charge is -2.07. The Morgan fingerprint density at radius 1 is 1.16 bits per heavy atom. The van der Waals surface area contributed by atoms with Crippen molar-refractivity contribution in [3.63, 3.8) is 0 Å². The smallest absolute Gasteiger partial charge is 0.395 e. The van der Waals surface area contributed by atoms with Crippen LogP contribution in [0.15, 0.2) is 35.0 Å². The van der Waals surface area contributed by atoms with Crippen LogP contribution in [0.3, 0.4) is 0 Å². The highest BCUT2D eigenvalue weighted by Crippen LogP contribution is 2.42. The molecule has 3 rings (SSSR count). The van der Waals surface area contributed by atoms with Crippen LogP contribution < -0.4 is 20.1 Å². The molecule has 0 saturated carbocycles. The van der Waals surface area contributed by atoms with Crippen molar-refractivity contribution in [1.29, 1.82) is 0 Å². The number of hydrogen-bond acceptors (Lipinski definition) is 5. The second-order valence-electron chi connectivity index (χ2n) is 5.25. The fraction of sp³-hybridized carbons (Fsp3) is 0.250. The molecule has 0 bridgehead atoms. The molecule has 2 amide bonds.